The second kappa shape index (κ2) is 6.77. The summed E-state index contributed by atoms with van der Waals surface area (Å²) in [5.41, 5.74) is 4.67. The van der Waals surface area contributed by atoms with Crippen molar-refractivity contribution < 1.29 is 4.84 Å². The van der Waals surface area contributed by atoms with Gasteiger partial charge in [0.2, 0.25) is 0 Å². The number of likely N-dealkylation sites (N-methyl/N-ethyl adjacent to an activating group) is 1. The molecular formula is C19H22N2O. The van der Waals surface area contributed by atoms with Crippen LogP contribution in [0.1, 0.15) is 12.0 Å². The second-order valence-electron chi connectivity index (χ2n) is 5.67. The van der Waals surface area contributed by atoms with Gasteiger partial charge >= 0.3 is 0 Å². The minimum atomic E-state index is 0.121. The molecule has 114 valence electrons. The highest BCUT2D eigenvalue weighted by atomic mass is 16.7. The van der Waals surface area contributed by atoms with Crippen LogP contribution in [-0.4, -0.2) is 19.7 Å². The summed E-state index contributed by atoms with van der Waals surface area (Å²) >= 11 is 0. The summed E-state index contributed by atoms with van der Waals surface area (Å²) in [5.74, 6) is 0. The Kier molecular flexibility index (Phi) is 4.56. The van der Waals surface area contributed by atoms with Crippen LogP contribution in [0.2, 0.25) is 0 Å². The van der Waals surface area contributed by atoms with Gasteiger partial charge < -0.3 is 5.32 Å². The lowest BCUT2D eigenvalue weighted by atomic mass is 9.99. The van der Waals surface area contributed by atoms with Crippen LogP contribution in [-0.2, 0) is 11.3 Å². The Bertz CT molecular complexity index is 639. The van der Waals surface area contributed by atoms with Gasteiger partial charge in [0.1, 0.15) is 0 Å². The number of nitrogens with zero attached hydrogens (tertiary/aromatic N) is 1. The highest BCUT2D eigenvalue weighted by molar-refractivity contribution is 5.65. The fraction of sp³-hybridized carbons (Fsp3) is 0.263. The summed E-state index contributed by atoms with van der Waals surface area (Å²) in [6.45, 7) is 4.96. The number of nitrogens with one attached hydrogen (secondary N) is 1. The predicted octanol–water partition coefficient (Wildman–Crippen LogP) is 3.85. The van der Waals surface area contributed by atoms with Gasteiger partial charge in [-0.05, 0) is 37.2 Å². The molecule has 0 spiro atoms. The molecule has 0 amide bonds. The average Bonchev–Trinajstić information content (AvgIpc) is 2.55. The highest BCUT2D eigenvalue weighted by Gasteiger charge is 2.26. The monoisotopic (exact) mass is 294 g/mol. The Morgan fingerprint density at radius 1 is 1.18 bits per heavy atom. The average molecular weight is 294 g/mol. The van der Waals surface area contributed by atoms with E-state index in [0.29, 0.717) is 0 Å². The first-order valence-electron chi connectivity index (χ1n) is 7.69. The largest absolute Gasteiger partial charge is 0.316 e. The molecule has 0 aliphatic carbocycles. The van der Waals surface area contributed by atoms with Gasteiger partial charge in [-0.3, -0.25) is 4.84 Å². The van der Waals surface area contributed by atoms with Gasteiger partial charge in [-0.15, -0.1) is 0 Å². The first-order valence-corrected chi connectivity index (χ1v) is 7.69. The standard InChI is InChI=1S/C19H22N2O/c1-15(14-20-2)12-18-13-16-8-6-7-11-19(16)21(22-18)17-9-4-3-5-10-17/h3-11,18,20H,1,12-14H2,2H3. The topological polar surface area (TPSA) is 24.5 Å². The zero-order chi connectivity index (χ0) is 15.4. The molecular weight excluding hydrogens is 272 g/mol. The zero-order valence-corrected chi connectivity index (χ0v) is 13.0. The molecule has 3 rings (SSSR count). The second-order valence-corrected chi connectivity index (χ2v) is 5.67. The van der Waals surface area contributed by atoms with Crippen LogP contribution < -0.4 is 10.4 Å². The third-order valence-electron chi connectivity index (χ3n) is 3.85. The molecule has 1 aliphatic heterocycles. The van der Waals surface area contributed by atoms with Crippen molar-refractivity contribution in [2.24, 2.45) is 0 Å². The third kappa shape index (κ3) is 3.21. The van der Waals surface area contributed by atoms with Crippen molar-refractivity contribution in [1.82, 2.24) is 5.32 Å². The Balaban J connectivity index is 1.87. The van der Waals surface area contributed by atoms with Crippen molar-refractivity contribution in [1.29, 1.82) is 0 Å². The van der Waals surface area contributed by atoms with Crippen molar-refractivity contribution >= 4 is 11.4 Å². The molecule has 0 fully saturated rings. The number of para-hydroxylation sites is 2. The molecule has 0 saturated heterocycles. The molecule has 2 aromatic carbocycles. The maximum absolute atomic E-state index is 6.26. The number of hydrogen-bond acceptors (Lipinski definition) is 3. The number of rotatable bonds is 5. The van der Waals surface area contributed by atoms with Crippen molar-refractivity contribution in [2.45, 2.75) is 18.9 Å². The molecule has 1 unspecified atom stereocenters. The zero-order valence-electron chi connectivity index (χ0n) is 13.0. The van der Waals surface area contributed by atoms with E-state index in [9.17, 15) is 0 Å². The van der Waals surface area contributed by atoms with Crippen LogP contribution in [0, 0.1) is 0 Å². The van der Waals surface area contributed by atoms with E-state index in [-0.39, 0.29) is 6.10 Å². The Morgan fingerprint density at radius 2 is 1.91 bits per heavy atom. The van der Waals surface area contributed by atoms with E-state index >= 15 is 0 Å². The van der Waals surface area contributed by atoms with E-state index in [2.05, 4.69) is 48.3 Å². The molecule has 3 nitrogen and oxygen atoms in total. The van der Waals surface area contributed by atoms with Crippen LogP contribution >= 0.6 is 0 Å². The number of fused-ring (bicyclic) bond motifs is 1. The molecule has 22 heavy (non-hydrogen) atoms. The van der Waals surface area contributed by atoms with Crippen molar-refractivity contribution in [3.8, 4) is 0 Å². The van der Waals surface area contributed by atoms with E-state index in [0.717, 1.165) is 30.8 Å². The summed E-state index contributed by atoms with van der Waals surface area (Å²) in [4.78, 5) is 6.26. The van der Waals surface area contributed by atoms with Gasteiger partial charge in [0, 0.05) is 13.0 Å². The first-order chi connectivity index (χ1) is 10.8. The molecule has 3 heteroatoms. The van der Waals surface area contributed by atoms with Crippen LogP contribution in [0.15, 0.2) is 66.7 Å². The first kappa shape index (κ1) is 14.8. The Hall–Kier alpha value is -2.10. The molecule has 1 aliphatic rings. The Labute approximate surface area is 132 Å². The van der Waals surface area contributed by atoms with Gasteiger partial charge in [0.25, 0.3) is 0 Å². The lowest BCUT2D eigenvalue weighted by Gasteiger charge is -2.35. The van der Waals surface area contributed by atoms with E-state index < -0.39 is 0 Å². The van der Waals surface area contributed by atoms with Gasteiger partial charge in [-0.25, -0.2) is 5.06 Å². The SMILES string of the molecule is C=C(CNC)CC1Cc2ccccc2N(c2ccccc2)O1. The number of hydrogen-bond donors (Lipinski definition) is 1. The normalized spacial score (nSPS) is 17.1. The number of benzene rings is 2. The quantitative estimate of drug-likeness (QED) is 0.848. The summed E-state index contributed by atoms with van der Waals surface area (Å²) in [6, 6.07) is 18.7. The van der Waals surface area contributed by atoms with Crippen LogP contribution in [0.3, 0.4) is 0 Å². The van der Waals surface area contributed by atoms with Crippen molar-refractivity contribution in [3.05, 3.63) is 72.3 Å². The molecule has 1 heterocycles. The molecule has 1 N–H and O–H groups in total. The third-order valence-corrected chi connectivity index (χ3v) is 3.85. The highest BCUT2D eigenvalue weighted by Crippen LogP contribution is 2.35. The molecule has 0 aromatic heterocycles. The fourth-order valence-electron chi connectivity index (χ4n) is 2.89. The smallest absolute Gasteiger partial charge is 0.0939 e. The van der Waals surface area contributed by atoms with Gasteiger partial charge in [-0.1, -0.05) is 48.6 Å². The lowest BCUT2D eigenvalue weighted by Crippen LogP contribution is -2.34. The minimum absolute atomic E-state index is 0.121. The summed E-state index contributed by atoms with van der Waals surface area (Å²) in [5, 5.41) is 5.10. The van der Waals surface area contributed by atoms with Crippen molar-refractivity contribution in [2.75, 3.05) is 18.7 Å². The van der Waals surface area contributed by atoms with Gasteiger partial charge in [0.15, 0.2) is 0 Å². The maximum atomic E-state index is 6.26. The summed E-state index contributed by atoms with van der Waals surface area (Å²) in [6.07, 6.45) is 1.90. The predicted molar refractivity (Wildman–Crippen MR) is 91.3 cm³/mol. The van der Waals surface area contributed by atoms with Crippen LogP contribution in [0.5, 0.6) is 0 Å². The summed E-state index contributed by atoms with van der Waals surface area (Å²) in [7, 11) is 1.94. The number of anilines is 2. The lowest BCUT2D eigenvalue weighted by molar-refractivity contribution is 0.0438. The molecule has 0 radical (unpaired) electrons. The van der Waals surface area contributed by atoms with Crippen LogP contribution in [0.25, 0.3) is 0 Å². The van der Waals surface area contributed by atoms with E-state index in [1.807, 2.05) is 30.3 Å². The van der Waals surface area contributed by atoms with Gasteiger partial charge in [0.05, 0.1) is 17.5 Å². The maximum Gasteiger partial charge on any atom is 0.0939 e. The summed E-state index contributed by atoms with van der Waals surface area (Å²) < 4.78 is 0. The van der Waals surface area contributed by atoms with E-state index in [4.69, 9.17) is 4.84 Å². The molecule has 0 saturated carbocycles. The van der Waals surface area contributed by atoms with Gasteiger partial charge in [-0.2, -0.15) is 0 Å². The molecule has 0 bridgehead atoms. The Morgan fingerprint density at radius 3 is 2.68 bits per heavy atom. The van der Waals surface area contributed by atoms with E-state index in [1.165, 1.54) is 11.1 Å². The van der Waals surface area contributed by atoms with Crippen molar-refractivity contribution in [3.63, 3.8) is 0 Å². The van der Waals surface area contributed by atoms with E-state index in [1.54, 1.807) is 0 Å². The molecule has 1 atom stereocenters. The fourth-order valence-corrected chi connectivity index (χ4v) is 2.89. The minimum Gasteiger partial charge on any atom is -0.316 e. The van der Waals surface area contributed by atoms with Crippen LogP contribution in [0.4, 0.5) is 11.4 Å². The molecule has 2 aromatic rings.